The average molecular weight is 372 g/mol. The molecule has 0 spiro atoms. The van der Waals surface area contributed by atoms with Gasteiger partial charge in [0.1, 0.15) is 18.5 Å². The number of hydrogen-bond donors (Lipinski definition) is 2. The molecule has 6 heteroatoms. The lowest BCUT2D eigenvalue weighted by molar-refractivity contribution is -0.123. The zero-order valence-corrected chi connectivity index (χ0v) is 15.7. The number of rotatable bonds is 7. The second-order valence-electron chi connectivity index (χ2n) is 6.71. The molecule has 0 bridgehead atoms. The number of carbonyl (C=O) groups is 2. The summed E-state index contributed by atoms with van der Waals surface area (Å²) in [5.74, 6) is -0.574. The number of alkyl carbamates (subject to hydrolysis) is 1. The number of carbonyl (C=O) groups excluding carboxylic acids is 2. The Morgan fingerprint density at radius 2 is 1.59 bits per heavy atom. The summed E-state index contributed by atoms with van der Waals surface area (Å²) in [6.07, 6.45) is -0.663. The largest absolute Gasteiger partial charge is 0.445 e. The van der Waals surface area contributed by atoms with Crippen molar-refractivity contribution in [3.63, 3.8) is 0 Å². The highest BCUT2D eigenvalue weighted by Gasteiger charge is 2.23. The molecule has 5 nitrogen and oxygen atoms in total. The van der Waals surface area contributed by atoms with E-state index < -0.39 is 12.1 Å². The SMILES string of the molecule is CC(C)C(NC(=O)[C@H](C)NC(=O)OCc1ccccc1)c1ccc(F)cc1. The lowest BCUT2D eigenvalue weighted by Gasteiger charge is -2.25. The van der Waals surface area contributed by atoms with E-state index in [9.17, 15) is 14.0 Å². The van der Waals surface area contributed by atoms with Crippen LogP contribution >= 0.6 is 0 Å². The Balaban J connectivity index is 1.88. The molecule has 27 heavy (non-hydrogen) atoms. The van der Waals surface area contributed by atoms with E-state index in [1.54, 1.807) is 19.1 Å². The molecule has 0 saturated heterocycles. The maximum Gasteiger partial charge on any atom is 0.408 e. The van der Waals surface area contributed by atoms with Crippen LogP contribution in [0.5, 0.6) is 0 Å². The van der Waals surface area contributed by atoms with Gasteiger partial charge < -0.3 is 15.4 Å². The topological polar surface area (TPSA) is 67.4 Å². The van der Waals surface area contributed by atoms with Crippen LogP contribution in [-0.4, -0.2) is 18.0 Å². The minimum absolute atomic E-state index is 0.0941. The number of halogens is 1. The van der Waals surface area contributed by atoms with Crippen LogP contribution in [0.3, 0.4) is 0 Å². The number of ether oxygens (including phenoxy) is 1. The zero-order chi connectivity index (χ0) is 19.8. The molecule has 0 fully saturated rings. The summed E-state index contributed by atoms with van der Waals surface area (Å²) in [5.41, 5.74) is 1.67. The van der Waals surface area contributed by atoms with Crippen LogP contribution in [0.4, 0.5) is 9.18 Å². The monoisotopic (exact) mass is 372 g/mol. The summed E-state index contributed by atoms with van der Waals surface area (Å²) in [6.45, 7) is 5.63. The average Bonchev–Trinajstić information content (AvgIpc) is 2.65. The second-order valence-corrected chi connectivity index (χ2v) is 6.71. The Kier molecular flexibility index (Phi) is 7.34. The zero-order valence-electron chi connectivity index (χ0n) is 15.7. The third kappa shape index (κ3) is 6.40. The third-order valence-corrected chi connectivity index (χ3v) is 4.13. The van der Waals surface area contributed by atoms with Crippen LogP contribution in [0.2, 0.25) is 0 Å². The van der Waals surface area contributed by atoms with Crippen molar-refractivity contribution in [3.8, 4) is 0 Å². The molecule has 1 unspecified atom stereocenters. The predicted molar refractivity (Wildman–Crippen MR) is 101 cm³/mol. The molecule has 0 aliphatic rings. The van der Waals surface area contributed by atoms with Crippen LogP contribution in [0.1, 0.15) is 37.9 Å². The summed E-state index contributed by atoms with van der Waals surface area (Å²) >= 11 is 0. The van der Waals surface area contributed by atoms with Gasteiger partial charge in [0.2, 0.25) is 5.91 Å². The highest BCUT2D eigenvalue weighted by molar-refractivity contribution is 5.85. The van der Waals surface area contributed by atoms with Gasteiger partial charge in [-0.25, -0.2) is 9.18 Å². The molecule has 0 radical (unpaired) electrons. The van der Waals surface area contributed by atoms with Crippen molar-refractivity contribution >= 4 is 12.0 Å². The lowest BCUT2D eigenvalue weighted by Crippen LogP contribution is -2.46. The third-order valence-electron chi connectivity index (χ3n) is 4.13. The highest BCUT2D eigenvalue weighted by atomic mass is 19.1. The van der Waals surface area contributed by atoms with Gasteiger partial charge in [0.05, 0.1) is 6.04 Å². The van der Waals surface area contributed by atoms with Gasteiger partial charge in [0.25, 0.3) is 0 Å². The van der Waals surface area contributed by atoms with Crippen LogP contribution in [0.15, 0.2) is 54.6 Å². The summed E-state index contributed by atoms with van der Waals surface area (Å²) in [4.78, 5) is 24.4. The van der Waals surface area contributed by atoms with E-state index in [-0.39, 0.29) is 30.3 Å². The van der Waals surface area contributed by atoms with Crippen molar-refractivity contribution in [2.45, 2.75) is 39.5 Å². The fourth-order valence-electron chi connectivity index (χ4n) is 2.59. The maximum atomic E-state index is 13.1. The Bertz CT molecular complexity index is 748. The van der Waals surface area contributed by atoms with Crippen molar-refractivity contribution in [1.82, 2.24) is 10.6 Å². The second kappa shape index (κ2) is 9.71. The van der Waals surface area contributed by atoms with E-state index in [0.29, 0.717) is 0 Å². The van der Waals surface area contributed by atoms with Gasteiger partial charge in [0, 0.05) is 0 Å². The van der Waals surface area contributed by atoms with Crippen molar-refractivity contribution in [3.05, 3.63) is 71.5 Å². The number of hydrogen-bond acceptors (Lipinski definition) is 3. The fourth-order valence-corrected chi connectivity index (χ4v) is 2.59. The Morgan fingerprint density at radius 3 is 2.19 bits per heavy atom. The first-order valence-corrected chi connectivity index (χ1v) is 8.90. The van der Waals surface area contributed by atoms with Gasteiger partial charge in [-0.15, -0.1) is 0 Å². The first kappa shape index (κ1) is 20.4. The molecule has 2 aromatic rings. The van der Waals surface area contributed by atoms with Gasteiger partial charge in [-0.1, -0.05) is 56.3 Å². The molecule has 2 aromatic carbocycles. The molecule has 144 valence electrons. The van der Waals surface area contributed by atoms with Crippen LogP contribution in [-0.2, 0) is 16.1 Å². The normalized spacial score (nSPS) is 12.9. The molecule has 0 saturated carbocycles. The molecule has 2 amide bonds. The molecule has 0 aliphatic heterocycles. The maximum absolute atomic E-state index is 13.1. The standard InChI is InChI=1S/C21H25FN2O3/c1-14(2)19(17-9-11-18(22)12-10-17)24-20(25)15(3)23-21(26)27-13-16-7-5-4-6-8-16/h4-12,14-15,19H,13H2,1-3H3,(H,23,26)(H,24,25)/t15-,19?/m0/s1. The Hall–Kier alpha value is -2.89. The molecule has 0 aromatic heterocycles. The van der Waals surface area contributed by atoms with E-state index >= 15 is 0 Å². The first-order valence-electron chi connectivity index (χ1n) is 8.90. The van der Waals surface area contributed by atoms with E-state index in [1.165, 1.54) is 12.1 Å². The molecule has 2 atom stereocenters. The summed E-state index contributed by atoms with van der Waals surface area (Å²) in [5, 5.41) is 5.42. The minimum Gasteiger partial charge on any atom is -0.445 e. The summed E-state index contributed by atoms with van der Waals surface area (Å²) in [7, 11) is 0. The molecule has 2 N–H and O–H groups in total. The van der Waals surface area contributed by atoms with E-state index in [0.717, 1.165) is 11.1 Å². The Morgan fingerprint density at radius 1 is 0.963 bits per heavy atom. The molecule has 0 heterocycles. The number of amides is 2. The molecule has 2 rings (SSSR count). The highest BCUT2D eigenvalue weighted by Crippen LogP contribution is 2.22. The molecular weight excluding hydrogens is 347 g/mol. The van der Waals surface area contributed by atoms with E-state index in [2.05, 4.69) is 10.6 Å². The lowest BCUT2D eigenvalue weighted by atomic mass is 9.95. The summed E-state index contributed by atoms with van der Waals surface area (Å²) < 4.78 is 18.3. The van der Waals surface area contributed by atoms with Crippen LogP contribution < -0.4 is 10.6 Å². The minimum atomic E-state index is -0.769. The molecular formula is C21H25FN2O3. The smallest absolute Gasteiger partial charge is 0.408 e. The number of benzene rings is 2. The van der Waals surface area contributed by atoms with Crippen molar-refractivity contribution in [2.75, 3.05) is 0 Å². The van der Waals surface area contributed by atoms with Crippen molar-refractivity contribution < 1.29 is 18.7 Å². The van der Waals surface area contributed by atoms with Gasteiger partial charge in [-0.05, 0) is 36.1 Å². The Labute approximate surface area is 158 Å². The first-order chi connectivity index (χ1) is 12.9. The quantitative estimate of drug-likeness (QED) is 0.773. The number of nitrogens with one attached hydrogen (secondary N) is 2. The van der Waals surface area contributed by atoms with Gasteiger partial charge >= 0.3 is 6.09 Å². The summed E-state index contributed by atoms with van der Waals surface area (Å²) in [6, 6.07) is 14.2. The van der Waals surface area contributed by atoms with Crippen LogP contribution in [0.25, 0.3) is 0 Å². The fraction of sp³-hybridized carbons (Fsp3) is 0.333. The van der Waals surface area contributed by atoms with Crippen molar-refractivity contribution in [2.24, 2.45) is 5.92 Å². The van der Waals surface area contributed by atoms with E-state index in [4.69, 9.17) is 4.74 Å². The predicted octanol–water partition coefficient (Wildman–Crippen LogP) is 3.95. The van der Waals surface area contributed by atoms with Gasteiger partial charge in [-0.3, -0.25) is 4.79 Å². The molecule has 0 aliphatic carbocycles. The van der Waals surface area contributed by atoms with Crippen LogP contribution in [0, 0.1) is 11.7 Å². The van der Waals surface area contributed by atoms with E-state index in [1.807, 2.05) is 44.2 Å². The van der Waals surface area contributed by atoms with Crippen molar-refractivity contribution in [1.29, 1.82) is 0 Å². The van der Waals surface area contributed by atoms with Gasteiger partial charge in [-0.2, -0.15) is 0 Å². The van der Waals surface area contributed by atoms with Gasteiger partial charge in [0.15, 0.2) is 0 Å².